The minimum absolute atomic E-state index is 0.0297. The molecule has 1 aliphatic heterocycles. The summed E-state index contributed by atoms with van der Waals surface area (Å²) in [6.07, 6.45) is 6.13. The number of nitrogens with one attached hydrogen (secondary N) is 2. The van der Waals surface area contributed by atoms with Gasteiger partial charge in [-0.3, -0.25) is 5.10 Å². The van der Waals surface area contributed by atoms with Gasteiger partial charge in [0.1, 0.15) is 5.82 Å². The summed E-state index contributed by atoms with van der Waals surface area (Å²) in [5.74, 6) is 3.21. The fourth-order valence-electron chi connectivity index (χ4n) is 3.80. The molecule has 164 valence electrons. The maximum absolute atomic E-state index is 5.92. The number of rotatable bonds is 7. The Kier molecular flexibility index (Phi) is 5.46. The Morgan fingerprint density at radius 3 is 2.84 bits per heavy atom. The Balaban J connectivity index is 1.42. The molecule has 32 heavy (non-hydrogen) atoms. The number of anilines is 3. The molecular formula is C21H24N10O. The first-order valence-corrected chi connectivity index (χ1v) is 10.6. The lowest BCUT2D eigenvalue weighted by Crippen LogP contribution is -2.25. The molecule has 4 aromatic rings. The number of hydrogen-bond donors (Lipinski definition) is 3. The molecule has 4 aromatic heterocycles. The smallest absolute Gasteiger partial charge is 0.228 e. The van der Waals surface area contributed by atoms with E-state index in [0.717, 1.165) is 43.0 Å². The summed E-state index contributed by atoms with van der Waals surface area (Å²) in [7, 11) is 0. The van der Waals surface area contributed by atoms with Crippen molar-refractivity contribution in [1.29, 1.82) is 0 Å². The summed E-state index contributed by atoms with van der Waals surface area (Å²) in [5.41, 5.74) is 8.31. The maximum atomic E-state index is 5.92. The molecule has 5 rings (SSSR count). The van der Waals surface area contributed by atoms with Gasteiger partial charge in [0.15, 0.2) is 23.1 Å². The lowest BCUT2D eigenvalue weighted by Gasteiger charge is -2.23. The van der Waals surface area contributed by atoms with Crippen molar-refractivity contribution in [2.75, 3.05) is 16.8 Å². The zero-order chi connectivity index (χ0) is 21.9. The Bertz CT molecular complexity index is 1190. The highest BCUT2D eigenvalue weighted by atomic mass is 16.5. The normalized spacial score (nSPS) is 15.9. The van der Waals surface area contributed by atoms with Crippen molar-refractivity contribution < 1.29 is 4.52 Å². The van der Waals surface area contributed by atoms with E-state index in [2.05, 4.69) is 47.4 Å². The third kappa shape index (κ3) is 4.02. The lowest BCUT2D eigenvalue weighted by molar-refractivity contribution is 0.362. The first-order chi connectivity index (χ1) is 15.7. The molecule has 11 heteroatoms. The second-order valence-corrected chi connectivity index (χ2v) is 7.54. The summed E-state index contributed by atoms with van der Waals surface area (Å²) in [6.45, 7) is 3.18. The largest absolute Gasteiger partial charge is 0.358 e. The lowest BCUT2D eigenvalue weighted by atomic mass is 10.1. The van der Waals surface area contributed by atoms with Gasteiger partial charge in [0.05, 0.1) is 11.7 Å². The molecule has 1 aliphatic rings. The van der Waals surface area contributed by atoms with Crippen LogP contribution in [0, 0.1) is 0 Å². The van der Waals surface area contributed by atoms with E-state index in [-0.39, 0.29) is 6.04 Å². The fourth-order valence-corrected chi connectivity index (χ4v) is 3.80. The van der Waals surface area contributed by atoms with Crippen LogP contribution in [0.3, 0.4) is 0 Å². The van der Waals surface area contributed by atoms with Gasteiger partial charge < -0.3 is 20.5 Å². The first-order valence-electron chi connectivity index (χ1n) is 10.6. The van der Waals surface area contributed by atoms with Crippen LogP contribution < -0.4 is 16.0 Å². The van der Waals surface area contributed by atoms with Crippen LogP contribution in [-0.2, 0) is 13.0 Å². The Morgan fingerprint density at radius 2 is 2.06 bits per heavy atom. The summed E-state index contributed by atoms with van der Waals surface area (Å²) in [5, 5.41) is 14.7. The highest BCUT2D eigenvalue weighted by molar-refractivity contribution is 5.55. The number of aromatic amines is 1. The van der Waals surface area contributed by atoms with Crippen molar-refractivity contribution in [3.63, 3.8) is 0 Å². The molecule has 0 radical (unpaired) electrons. The van der Waals surface area contributed by atoms with E-state index in [1.165, 1.54) is 0 Å². The molecule has 0 spiro atoms. The molecule has 1 fully saturated rings. The van der Waals surface area contributed by atoms with Gasteiger partial charge >= 0.3 is 0 Å². The monoisotopic (exact) mass is 432 g/mol. The number of nitrogens with two attached hydrogens (primary N) is 1. The van der Waals surface area contributed by atoms with Gasteiger partial charge in [-0.25, -0.2) is 15.0 Å². The van der Waals surface area contributed by atoms with Crippen molar-refractivity contribution in [3.05, 3.63) is 53.8 Å². The topological polar surface area (TPSA) is 148 Å². The molecule has 0 saturated carbocycles. The molecule has 1 atom stereocenters. The quantitative estimate of drug-likeness (QED) is 0.398. The number of nitrogens with zero attached hydrogens (tertiary/aromatic N) is 7. The molecule has 5 heterocycles. The summed E-state index contributed by atoms with van der Waals surface area (Å²) >= 11 is 0. The van der Waals surface area contributed by atoms with E-state index in [0.29, 0.717) is 35.6 Å². The molecule has 4 N–H and O–H groups in total. The zero-order valence-corrected chi connectivity index (χ0v) is 17.7. The SMILES string of the molecule is CCc1cc(Nc2cc(CN)nc(N3CCC[C@H]3c3cc(-c4ncccn4)no3)n2)n[nH]1. The van der Waals surface area contributed by atoms with Crippen LogP contribution in [0.2, 0.25) is 0 Å². The molecule has 0 amide bonds. The molecule has 0 aliphatic carbocycles. The van der Waals surface area contributed by atoms with Gasteiger partial charge in [0, 0.05) is 49.4 Å². The maximum Gasteiger partial charge on any atom is 0.228 e. The first kappa shape index (κ1) is 20.1. The second-order valence-electron chi connectivity index (χ2n) is 7.54. The van der Waals surface area contributed by atoms with E-state index in [9.17, 15) is 0 Å². The zero-order valence-electron chi connectivity index (χ0n) is 17.7. The van der Waals surface area contributed by atoms with Gasteiger partial charge in [0.2, 0.25) is 5.95 Å². The summed E-state index contributed by atoms with van der Waals surface area (Å²) in [6, 6.07) is 7.43. The van der Waals surface area contributed by atoms with E-state index in [4.69, 9.17) is 15.2 Å². The molecule has 11 nitrogen and oxygen atoms in total. The standard InChI is InChI=1S/C21H24N10O/c1-2-13-9-19(29-28-13)26-18-10-14(12-22)25-21(27-18)31-8-3-5-16(31)17-11-15(30-32-17)20-23-6-4-7-24-20/h4,6-7,9-11,16H,2-3,5,8,12,22H2,1H3,(H2,25,26,27,28,29)/t16-/m0/s1. The highest BCUT2D eigenvalue weighted by Gasteiger charge is 2.32. The third-order valence-electron chi connectivity index (χ3n) is 5.41. The van der Waals surface area contributed by atoms with Crippen LogP contribution in [0.4, 0.5) is 17.6 Å². The van der Waals surface area contributed by atoms with Crippen LogP contribution in [0.25, 0.3) is 11.5 Å². The van der Waals surface area contributed by atoms with Gasteiger partial charge in [-0.15, -0.1) is 0 Å². The minimum atomic E-state index is -0.0297. The molecule has 1 saturated heterocycles. The van der Waals surface area contributed by atoms with Crippen LogP contribution in [0.15, 0.2) is 41.2 Å². The van der Waals surface area contributed by atoms with Gasteiger partial charge in [-0.05, 0) is 25.3 Å². The number of aryl methyl sites for hydroxylation is 1. The molecule has 0 bridgehead atoms. The van der Waals surface area contributed by atoms with Gasteiger partial charge in [0.25, 0.3) is 0 Å². The number of aromatic nitrogens is 7. The average Bonchev–Trinajstić information content (AvgIpc) is 3.59. The van der Waals surface area contributed by atoms with E-state index >= 15 is 0 Å². The average molecular weight is 432 g/mol. The van der Waals surface area contributed by atoms with Crippen molar-refractivity contribution in [1.82, 2.24) is 35.3 Å². The highest BCUT2D eigenvalue weighted by Crippen LogP contribution is 2.36. The summed E-state index contributed by atoms with van der Waals surface area (Å²) in [4.78, 5) is 20.0. The van der Waals surface area contributed by atoms with Gasteiger partial charge in [-0.2, -0.15) is 10.1 Å². The number of hydrogen-bond acceptors (Lipinski definition) is 10. The van der Waals surface area contributed by atoms with Crippen molar-refractivity contribution in [2.45, 2.75) is 38.8 Å². The Labute approximate surface area is 184 Å². The molecular weight excluding hydrogens is 408 g/mol. The van der Waals surface area contributed by atoms with Crippen LogP contribution >= 0.6 is 0 Å². The summed E-state index contributed by atoms with van der Waals surface area (Å²) < 4.78 is 5.67. The fraction of sp³-hybridized carbons (Fsp3) is 0.333. The number of H-pyrrole nitrogens is 1. The Hall–Kier alpha value is -3.86. The predicted octanol–water partition coefficient (Wildman–Crippen LogP) is 2.75. The van der Waals surface area contributed by atoms with Crippen LogP contribution in [0.5, 0.6) is 0 Å². The predicted molar refractivity (Wildman–Crippen MR) is 118 cm³/mol. The van der Waals surface area contributed by atoms with Crippen molar-refractivity contribution in [3.8, 4) is 11.5 Å². The van der Waals surface area contributed by atoms with E-state index in [1.54, 1.807) is 18.5 Å². The minimum Gasteiger partial charge on any atom is -0.358 e. The van der Waals surface area contributed by atoms with Crippen molar-refractivity contribution in [2.24, 2.45) is 5.73 Å². The molecule has 0 aromatic carbocycles. The van der Waals surface area contributed by atoms with E-state index in [1.807, 2.05) is 18.2 Å². The third-order valence-corrected chi connectivity index (χ3v) is 5.41. The second kappa shape index (κ2) is 8.71. The van der Waals surface area contributed by atoms with Crippen LogP contribution in [0.1, 0.15) is 43.0 Å². The van der Waals surface area contributed by atoms with Gasteiger partial charge in [-0.1, -0.05) is 12.1 Å². The molecule has 0 unspecified atom stereocenters. The van der Waals surface area contributed by atoms with E-state index < -0.39 is 0 Å². The van der Waals surface area contributed by atoms with Crippen molar-refractivity contribution >= 4 is 17.6 Å². The Morgan fingerprint density at radius 1 is 1.19 bits per heavy atom. The van der Waals surface area contributed by atoms with Crippen LogP contribution in [-0.4, -0.2) is 41.8 Å².